The number of rotatable bonds is 9. The van der Waals surface area contributed by atoms with E-state index in [1.807, 2.05) is 61.5 Å². The number of amidine groups is 1. The lowest BCUT2D eigenvalue weighted by molar-refractivity contribution is -0.145. The number of aliphatic imine (C=N–C) groups is 2. The van der Waals surface area contributed by atoms with Gasteiger partial charge < -0.3 is 4.74 Å². The Kier molecular flexibility index (Phi) is 8.51. The van der Waals surface area contributed by atoms with E-state index in [4.69, 9.17) is 9.72 Å². The van der Waals surface area contributed by atoms with E-state index in [0.29, 0.717) is 48.1 Å². The number of nitrogens with zero attached hydrogens (tertiary/aromatic N) is 5. The monoisotopic (exact) mass is 455 g/mol. The number of aromatic nitrogens is 3. The summed E-state index contributed by atoms with van der Waals surface area (Å²) in [4.78, 5) is 35.1. The van der Waals surface area contributed by atoms with Gasteiger partial charge in [-0.3, -0.25) is 14.8 Å². The lowest BCUT2D eigenvalue weighted by Gasteiger charge is -2.16. The molecule has 0 aliphatic heterocycles. The van der Waals surface area contributed by atoms with Crippen LogP contribution in [0.5, 0.6) is 0 Å². The van der Waals surface area contributed by atoms with Gasteiger partial charge in [0.2, 0.25) is 0 Å². The number of pyridine rings is 3. The van der Waals surface area contributed by atoms with Gasteiger partial charge in [0.1, 0.15) is 5.69 Å². The molecule has 3 heterocycles. The topological polar surface area (TPSA) is 89.7 Å². The van der Waals surface area contributed by atoms with E-state index in [9.17, 15) is 4.79 Å². The van der Waals surface area contributed by atoms with Gasteiger partial charge >= 0.3 is 5.97 Å². The second-order valence-electron chi connectivity index (χ2n) is 7.80. The van der Waals surface area contributed by atoms with Crippen molar-refractivity contribution in [3.05, 3.63) is 89.6 Å². The van der Waals surface area contributed by atoms with Gasteiger partial charge in [0.25, 0.3) is 0 Å². The van der Waals surface area contributed by atoms with Crippen molar-refractivity contribution in [1.82, 2.24) is 15.0 Å². The predicted octanol–water partition coefficient (Wildman–Crippen LogP) is 5.11. The highest BCUT2D eigenvalue weighted by Gasteiger charge is 2.24. The van der Waals surface area contributed by atoms with E-state index in [2.05, 4.69) is 33.2 Å². The molecule has 0 fully saturated rings. The van der Waals surface area contributed by atoms with Crippen LogP contribution < -0.4 is 0 Å². The van der Waals surface area contributed by atoms with Crippen molar-refractivity contribution in [2.24, 2.45) is 9.98 Å². The zero-order valence-electron chi connectivity index (χ0n) is 19.9. The van der Waals surface area contributed by atoms with E-state index < -0.39 is 5.92 Å². The number of ether oxygens (including phenoxy) is 1. The smallest absolute Gasteiger partial charge is 0.315 e. The Morgan fingerprint density at radius 3 is 2.41 bits per heavy atom. The Hall–Kier alpha value is -4.00. The quantitative estimate of drug-likeness (QED) is 0.254. The second kappa shape index (κ2) is 11.7. The largest absolute Gasteiger partial charge is 0.465 e. The second-order valence-corrected chi connectivity index (χ2v) is 7.80. The molecule has 0 bridgehead atoms. The molecule has 0 amide bonds. The summed E-state index contributed by atoms with van der Waals surface area (Å²) >= 11 is 0. The Labute approximate surface area is 200 Å². The molecule has 3 aromatic heterocycles. The molecule has 0 aliphatic rings. The minimum Gasteiger partial charge on any atom is -0.465 e. The van der Waals surface area contributed by atoms with Crippen molar-refractivity contribution in [3.8, 4) is 11.4 Å². The van der Waals surface area contributed by atoms with E-state index in [1.165, 1.54) is 0 Å². The molecule has 7 nitrogen and oxygen atoms in total. The van der Waals surface area contributed by atoms with Gasteiger partial charge in [-0.05, 0) is 76.7 Å². The Balaban J connectivity index is 1.87. The van der Waals surface area contributed by atoms with Crippen molar-refractivity contribution in [3.63, 3.8) is 0 Å². The molecule has 0 aliphatic carbocycles. The number of esters is 1. The van der Waals surface area contributed by atoms with Crippen molar-refractivity contribution in [2.75, 3.05) is 6.61 Å². The minimum absolute atomic E-state index is 0.300. The van der Waals surface area contributed by atoms with E-state index in [0.717, 1.165) is 17.1 Å². The third-order valence-electron chi connectivity index (χ3n) is 5.02. The summed E-state index contributed by atoms with van der Waals surface area (Å²) < 4.78 is 5.37. The molecule has 0 aromatic carbocycles. The minimum atomic E-state index is -0.531. The fourth-order valence-electron chi connectivity index (χ4n) is 3.49. The molecule has 0 saturated carbocycles. The molecule has 34 heavy (non-hydrogen) atoms. The van der Waals surface area contributed by atoms with Crippen molar-refractivity contribution in [2.45, 2.75) is 39.5 Å². The van der Waals surface area contributed by atoms with E-state index in [1.54, 1.807) is 13.8 Å². The zero-order chi connectivity index (χ0) is 24.5. The van der Waals surface area contributed by atoms with Gasteiger partial charge in [0.05, 0.1) is 29.6 Å². The first-order chi connectivity index (χ1) is 16.4. The number of carbonyl (C=O) groups excluding carboxylic acids is 1. The van der Waals surface area contributed by atoms with Crippen molar-refractivity contribution < 1.29 is 9.53 Å². The maximum atomic E-state index is 12.9. The molecular formula is C27H29N5O2. The maximum Gasteiger partial charge on any atom is 0.315 e. The molecular weight excluding hydrogens is 426 g/mol. The summed E-state index contributed by atoms with van der Waals surface area (Å²) in [7, 11) is 0. The average Bonchev–Trinajstić information content (AvgIpc) is 2.83. The van der Waals surface area contributed by atoms with Crippen LogP contribution >= 0.6 is 0 Å². The van der Waals surface area contributed by atoms with Crippen LogP contribution in [0.3, 0.4) is 0 Å². The SMILES string of the molecule is C=N/C(=N\C(=C)C)c1cccc(CCC(C(=O)OCC)c2cccc(-c3cccc(C)n3)n2)n1. The van der Waals surface area contributed by atoms with Crippen LogP contribution in [-0.4, -0.2) is 40.1 Å². The Bertz CT molecular complexity index is 1220. The normalized spacial score (nSPS) is 12.1. The summed E-state index contributed by atoms with van der Waals surface area (Å²) in [5, 5.41) is 0. The summed E-state index contributed by atoms with van der Waals surface area (Å²) in [5.74, 6) is -0.426. The third-order valence-corrected chi connectivity index (χ3v) is 5.02. The first kappa shape index (κ1) is 24.6. The van der Waals surface area contributed by atoms with Gasteiger partial charge in [0.15, 0.2) is 5.84 Å². The first-order valence-electron chi connectivity index (χ1n) is 11.2. The number of carbonyl (C=O) groups is 1. The summed E-state index contributed by atoms with van der Waals surface area (Å²) in [6.45, 7) is 13.2. The highest BCUT2D eigenvalue weighted by atomic mass is 16.5. The molecule has 174 valence electrons. The van der Waals surface area contributed by atoms with Gasteiger partial charge in [-0.2, -0.15) is 0 Å². The number of aryl methyl sites for hydroxylation is 2. The Morgan fingerprint density at radius 1 is 1.03 bits per heavy atom. The molecule has 3 aromatic rings. The highest BCUT2D eigenvalue weighted by molar-refractivity contribution is 6.00. The van der Waals surface area contributed by atoms with E-state index >= 15 is 0 Å². The summed E-state index contributed by atoms with van der Waals surface area (Å²) in [5.41, 5.74) is 5.06. The molecule has 1 atom stereocenters. The fraction of sp³-hybridized carbons (Fsp3) is 0.259. The first-order valence-corrected chi connectivity index (χ1v) is 11.2. The van der Waals surface area contributed by atoms with Crippen LogP contribution in [0, 0.1) is 6.92 Å². The van der Waals surface area contributed by atoms with Gasteiger partial charge in [-0.1, -0.05) is 24.8 Å². The fourth-order valence-corrected chi connectivity index (χ4v) is 3.49. The molecule has 0 saturated heterocycles. The lowest BCUT2D eigenvalue weighted by Crippen LogP contribution is -2.18. The van der Waals surface area contributed by atoms with Gasteiger partial charge in [0, 0.05) is 17.1 Å². The van der Waals surface area contributed by atoms with Crippen LogP contribution in [0.25, 0.3) is 11.4 Å². The standard InChI is InChI=1S/C27H29N5O2/c1-6-34-27(33)21(22-12-9-14-24(32-22)23-13-7-10-19(4)30-23)17-16-20-11-8-15-25(31-20)26(28-5)29-18(2)3/h7-15,21H,2,5-6,16-17H2,1,3-4H3/b29-26-. The maximum absolute atomic E-state index is 12.9. The summed E-state index contributed by atoms with van der Waals surface area (Å²) in [6.07, 6.45) is 1.03. The molecule has 3 rings (SSSR count). The van der Waals surface area contributed by atoms with Crippen LogP contribution in [0.1, 0.15) is 49.0 Å². The van der Waals surface area contributed by atoms with Crippen molar-refractivity contribution >= 4 is 18.5 Å². The van der Waals surface area contributed by atoms with Gasteiger partial charge in [-0.25, -0.2) is 15.0 Å². The summed E-state index contributed by atoms with van der Waals surface area (Å²) in [6, 6.07) is 17.0. The van der Waals surface area contributed by atoms with Crippen molar-refractivity contribution in [1.29, 1.82) is 0 Å². The molecule has 0 N–H and O–H groups in total. The van der Waals surface area contributed by atoms with Crippen LogP contribution in [0.2, 0.25) is 0 Å². The number of hydrogen-bond donors (Lipinski definition) is 0. The number of hydrogen-bond acceptors (Lipinski definition) is 6. The molecule has 0 radical (unpaired) electrons. The third kappa shape index (κ3) is 6.51. The lowest BCUT2D eigenvalue weighted by atomic mass is 9.97. The van der Waals surface area contributed by atoms with E-state index in [-0.39, 0.29) is 5.97 Å². The average molecular weight is 456 g/mol. The van der Waals surface area contributed by atoms with Crippen LogP contribution in [0.15, 0.2) is 76.9 Å². The predicted molar refractivity (Wildman–Crippen MR) is 135 cm³/mol. The zero-order valence-corrected chi connectivity index (χ0v) is 19.9. The molecule has 7 heteroatoms. The number of allylic oxidation sites excluding steroid dienone is 1. The van der Waals surface area contributed by atoms with Crippen LogP contribution in [-0.2, 0) is 16.0 Å². The van der Waals surface area contributed by atoms with Crippen LogP contribution in [0.4, 0.5) is 0 Å². The van der Waals surface area contributed by atoms with Gasteiger partial charge in [-0.15, -0.1) is 0 Å². The molecule has 1 unspecified atom stereocenters. The highest BCUT2D eigenvalue weighted by Crippen LogP contribution is 2.25. The Morgan fingerprint density at radius 2 is 1.74 bits per heavy atom. The molecule has 0 spiro atoms.